The van der Waals surface area contributed by atoms with Crippen molar-refractivity contribution < 1.29 is 9.59 Å². The standard InChI is InChI=1S/C22H32N6O2/c1-16(2)23-20(29)14-26-10-12-27(13-11-26)15-21(30)24-22-17(3)25-28(18(22)4)19-8-6-5-7-9-19/h5-9,16H,10-15H2,1-4H3,(H,23,29)(H,24,30). The lowest BCUT2D eigenvalue weighted by atomic mass is 10.2. The van der Waals surface area contributed by atoms with Gasteiger partial charge in [0.1, 0.15) is 0 Å². The predicted octanol–water partition coefficient (Wildman–Crippen LogP) is 1.57. The largest absolute Gasteiger partial charge is 0.353 e. The average molecular weight is 413 g/mol. The molecule has 3 rings (SSSR count). The summed E-state index contributed by atoms with van der Waals surface area (Å²) in [6.45, 7) is 11.6. The van der Waals surface area contributed by atoms with E-state index in [9.17, 15) is 9.59 Å². The molecule has 2 N–H and O–H groups in total. The van der Waals surface area contributed by atoms with E-state index in [-0.39, 0.29) is 17.9 Å². The topological polar surface area (TPSA) is 82.5 Å². The van der Waals surface area contributed by atoms with Gasteiger partial charge in [0.25, 0.3) is 0 Å². The fourth-order valence-corrected chi connectivity index (χ4v) is 3.70. The van der Waals surface area contributed by atoms with E-state index in [1.165, 1.54) is 0 Å². The summed E-state index contributed by atoms with van der Waals surface area (Å²) in [5.74, 6) is 0.0115. The Hall–Kier alpha value is -2.71. The number of nitrogens with zero attached hydrogens (tertiary/aromatic N) is 4. The van der Waals surface area contributed by atoms with Crippen LogP contribution in [0.1, 0.15) is 25.2 Å². The Bertz CT molecular complexity index is 869. The zero-order valence-corrected chi connectivity index (χ0v) is 18.3. The Morgan fingerprint density at radius 2 is 1.53 bits per heavy atom. The van der Waals surface area contributed by atoms with Crippen molar-refractivity contribution in [1.29, 1.82) is 0 Å². The van der Waals surface area contributed by atoms with Crippen molar-refractivity contribution in [3.05, 3.63) is 41.7 Å². The lowest BCUT2D eigenvalue weighted by Crippen LogP contribution is -2.51. The Morgan fingerprint density at radius 3 is 2.10 bits per heavy atom. The molecule has 0 bridgehead atoms. The Morgan fingerprint density at radius 1 is 0.967 bits per heavy atom. The van der Waals surface area contributed by atoms with Gasteiger partial charge in [0.15, 0.2) is 0 Å². The lowest BCUT2D eigenvalue weighted by Gasteiger charge is -2.33. The molecule has 0 spiro atoms. The molecule has 162 valence electrons. The fourth-order valence-electron chi connectivity index (χ4n) is 3.70. The first kappa shape index (κ1) is 22.0. The number of piperazine rings is 1. The highest BCUT2D eigenvalue weighted by Gasteiger charge is 2.22. The highest BCUT2D eigenvalue weighted by Crippen LogP contribution is 2.22. The van der Waals surface area contributed by atoms with Crippen molar-refractivity contribution in [2.45, 2.75) is 33.7 Å². The number of aryl methyl sites for hydroxylation is 1. The number of amides is 2. The third-order valence-corrected chi connectivity index (χ3v) is 5.21. The Kier molecular flexibility index (Phi) is 7.23. The van der Waals surface area contributed by atoms with Gasteiger partial charge < -0.3 is 10.6 Å². The van der Waals surface area contributed by atoms with Crippen molar-refractivity contribution in [3.8, 4) is 5.69 Å². The van der Waals surface area contributed by atoms with Crippen LogP contribution in [0.2, 0.25) is 0 Å². The van der Waals surface area contributed by atoms with Gasteiger partial charge in [-0.3, -0.25) is 19.4 Å². The highest BCUT2D eigenvalue weighted by atomic mass is 16.2. The molecule has 1 aliphatic heterocycles. The summed E-state index contributed by atoms with van der Waals surface area (Å²) >= 11 is 0. The minimum absolute atomic E-state index is 0.0418. The van der Waals surface area contributed by atoms with Crippen LogP contribution in [-0.2, 0) is 9.59 Å². The monoisotopic (exact) mass is 412 g/mol. The van der Waals surface area contributed by atoms with Gasteiger partial charge >= 0.3 is 0 Å². The number of aromatic nitrogens is 2. The molecule has 2 aromatic rings. The molecule has 0 aliphatic carbocycles. The number of nitrogens with one attached hydrogen (secondary N) is 2. The second kappa shape index (κ2) is 9.86. The molecule has 30 heavy (non-hydrogen) atoms. The molecular weight excluding hydrogens is 380 g/mol. The molecular formula is C22H32N6O2. The van der Waals surface area contributed by atoms with Gasteiger partial charge in [-0.25, -0.2) is 4.68 Å². The van der Waals surface area contributed by atoms with Crippen molar-refractivity contribution in [1.82, 2.24) is 24.9 Å². The smallest absolute Gasteiger partial charge is 0.238 e. The first-order valence-electron chi connectivity index (χ1n) is 10.5. The average Bonchev–Trinajstić information content (AvgIpc) is 2.98. The summed E-state index contributed by atoms with van der Waals surface area (Å²) in [7, 11) is 0. The van der Waals surface area contributed by atoms with Crippen molar-refractivity contribution in [2.24, 2.45) is 0 Å². The van der Waals surface area contributed by atoms with Crippen molar-refractivity contribution in [2.75, 3.05) is 44.6 Å². The minimum Gasteiger partial charge on any atom is -0.353 e. The van der Waals surface area contributed by atoms with E-state index in [4.69, 9.17) is 0 Å². The number of benzene rings is 1. The van der Waals surface area contributed by atoms with Crippen LogP contribution in [0.15, 0.2) is 30.3 Å². The number of carbonyl (C=O) groups excluding carboxylic acids is 2. The van der Waals surface area contributed by atoms with Crippen molar-refractivity contribution in [3.63, 3.8) is 0 Å². The number of hydrogen-bond acceptors (Lipinski definition) is 5. The van der Waals surface area contributed by atoms with Gasteiger partial charge in [-0.1, -0.05) is 18.2 Å². The number of para-hydroxylation sites is 1. The van der Waals surface area contributed by atoms with E-state index in [0.29, 0.717) is 13.1 Å². The molecule has 0 unspecified atom stereocenters. The van der Waals surface area contributed by atoms with E-state index in [1.54, 1.807) is 0 Å². The predicted molar refractivity (Wildman–Crippen MR) is 118 cm³/mol. The van der Waals surface area contributed by atoms with Crippen LogP contribution in [0.4, 0.5) is 5.69 Å². The highest BCUT2D eigenvalue weighted by molar-refractivity contribution is 5.93. The van der Waals surface area contributed by atoms with Crippen LogP contribution in [0.25, 0.3) is 5.69 Å². The molecule has 1 saturated heterocycles. The van der Waals surface area contributed by atoms with Gasteiger partial charge in [0, 0.05) is 32.2 Å². The summed E-state index contributed by atoms with van der Waals surface area (Å²) in [5, 5.41) is 10.5. The number of carbonyl (C=O) groups is 2. The summed E-state index contributed by atoms with van der Waals surface area (Å²) in [5.41, 5.74) is 3.45. The molecule has 2 amide bonds. The lowest BCUT2D eigenvalue weighted by molar-refractivity contribution is -0.124. The molecule has 1 fully saturated rings. The van der Waals surface area contributed by atoms with Crippen LogP contribution in [0.5, 0.6) is 0 Å². The first-order chi connectivity index (χ1) is 14.3. The molecule has 2 heterocycles. The maximum absolute atomic E-state index is 12.6. The second-order valence-electron chi connectivity index (χ2n) is 8.12. The van der Waals surface area contributed by atoms with Gasteiger partial charge in [0.2, 0.25) is 11.8 Å². The van der Waals surface area contributed by atoms with E-state index in [1.807, 2.05) is 62.7 Å². The summed E-state index contributed by atoms with van der Waals surface area (Å²) in [6, 6.07) is 10.0. The fraction of sp³-hybridized carbons (Fsp3) is 0.500. The van der Waals surface area contributed by atoms with Gasteiger partial charge in [-0.2, -0.15) is 5.10 Å². The number of rotatable bonds is 7. The van der Waals surface area contributed by atoms with E-state index in [0.717, 1.165) is 48.9 Å². The minimum atomic E-state index is -0.0418. The Balaban J connectivity index is 1.51. The first-order valence-corrected chi connectivity index (χ1v) is 10.5. The zero-order valence-electron chi connectivity index (χ0n) is 18.3. The van der Waals surface area contributed by atoms with E-state index >= 15 is 0 Å². The van der Waals surface area contributed by atoms with Crippen LogP contribution < -0.4 is 10.6 Å². The molecule has 1 aliphatic rings. The van der Waals surface area contributed by atoms with Crippen LogP contribution in [-0.4, -0.2) is 76.7 Å². The molecule has 1 aromatic carbocycles. The SMILES string of the molecule is Cc1nn(-c2ccccc2)c(C)c1NC(=O)CN1CCN(CC(=O)NC(C)C)CC1. The number of hydrogen-bond donors (Lipinski definition) is 2. The zero-order chi connectivity index (χ0) is 21.7. The molecule has 0 atom stereocenters. The van der Waals surface area contributed by atoms with Crippen LogP contribution in [0.3, 0.4) is 0 Å². The van der Waals surface area contributed by atoms with Crippen LogP contribution >= 0.6 is 0 Å². The van der Waals surface area contributed by atoms with Gasteiger partial charge in [-0.15, -0.1) is 0 Å². The molecule has 8 heteroatoms. The summed E-state index contributed by atoms with van der Waals surface area (Å²) < 4.78 is 1.85. The van der Waals surface area contributed by atoms with Gasteiger partial charge in [0.05, 0.1) is 35.9 Å². The van der Waals surface area contributed by atoms with Gasteiger partial charge in [-0.05, 0) is 39.8 Å². The number of anilines is 1. The van der Waals surface area contributed by atoms with Crippen molar-refractivity contribution >= 4 is 17.5 Å². The van der Waals surface area contributed by atoms with Crippen LogP contribution in [0, 0.1) is 13.8 Å². The molecule has 1 aromatic heterocycles. The summed E-state index contributed by atoms with van der Waals surface area (Å²) in [4.78, 5) is 28.8. The maximum atomic E-state index is 12.6. The normalized spacial score (nSPS) is 15.4. The summed E-state index contributed by atoms with van der Waals surface area (Å²) in [6.07, 6.45) is 0. The maximum Gasteiger partial charge on any atom is 0.238 e. The second-order valence-corrected chi connectivity index (χ2v) is 8.12. The quantitative estimate of drug-likeness (QED) is 0.721. The molecule has 0 radical (unpaired) electrons. The molecule has 8 nitrogen and oxygen atoms in total. The molecule has 0 saturated carbocycles. The third-order valence-electron chi connectivity index (χ3n) is 5.21. The Labute approximate surface area is 178 Å². The third kappa shape index (κ3) is 5.67. The van der Waals surface area contributed by atoms with E-state index in [2.05, 4.69) is 25.5 Å². The van der Waals surface area contributed by atoms with E-state index < -0.39 is 0 Å².